The first-order valence-corrected chi connectivity index (χ1v) is 5.34. The maximum Gasteiger partial charge on any atom is 0.223 e. The van der Waals surface area contributed by atoms with E-state index in [-0.39, 0.29) is 11.0 Å². The van der Waals surface area contributed by atoms with Gasteiger partial charge in [0.2, 0.25) is 5.28 Å². The second-order valence-electron chi connectivity index (χ2n) is 3.55. The molecule has 3 rings (SSSR count). The van der Waals surface area contributed by atoms with Crippen LogP contribution in [0.4, 0.5) is 8.78 Å². The lowest BCUT2D eigenvalue weighted by molar-refractivity contribution is 0.613. The first-order valence-electron chi connectivity index (χ1n) is 4.96. The van der Waals surface area contributed by atoms with Crippen LogP contribution in [-0.4, -0.2) is 19.4 Å². The van der Waals surface area contributed by atoms with Gasteiger partial charge in [0.05, 0.1) is 18.1 Å². The van der Waals surface area contributed by atoms with E-state index in [0.717, 1.165) is 6.20 Å². The van der Waals surface area contributed by atoms with Crippen molar-refractivity contribution >= 4 is 17.2 Å². The van der Waals surface area contributed by atoms with Gasteiger partial charge in [-0.2, -0.15) is 0 Å². The number of hydrogen-bond donors (Lipinski definition) is 0. The zero-order valence-corrected chi connectivity index (χ0v) is 9.57. The van der Waals surface area contributed by atoms with Crippen molar-refractivity contribution in [3.8, 4) is 11.4 Å². The molecule has 3 heterocycles. The van der Waals surface area contributed by atoms with Crippen molar-refractivity contribution in [2.24, 2.45) is 0 Å². The molecule has 3 aromatic rings. The molecule has 0 aromatic carbocycles. The average Bonchev–Trinajstić information content (AvgIpc) is 2.75. The Kier molecular flexibility index (Phi) is 2.45. The third kappa shape index (κ3) is 1.70. The van der Waals surface area contributed by atoms with Gasteiger partial charge < -0.3 is 0 Å². The Labute approximate surface area is 105 Å². The number of halogens is 3. The van der Waals surface area contributed by atoms with E-state index in [1.165, 1.54) is 28.9 Å². The molecule has 0 atom stereocenters. The quantitative estimate of drug-likeness (QED) is 0.636. The van der Waals surface area contributed by atoms with Crippen LogP contribution in [0.15, 0.2) is 30.7 Å². The number of nitrogens with zero attached hydrogens (tertiary/aromatic N) is 4. The number of fused-ring (bicyclic) bond motifs is 1. The number of aromatic nitrogens is 4. The van der Waals surface area contributed by atoms with Gasteiger partial charge in [0.1, 0.15) is 17.2 Å². The second-order valence-corrected chi connectivity index (χ2v) is 3.89. The molecule has 0 fully saturated rings. The number of hydrogen-bond acceptors (Lipinski definition) is 3. The van der Waals surface area contributed by atoms with Crippen LogP contribution < -0.4 is 0 Å². The Morgan fingerprint density at radius 2 is 1.94 bits per heavy atom. The fraction of sp³-hybridized carbons (Fsp3) is 0. The monoisotopic (exact) mass is 266 g/mol. The van der Waals surface area contributed by atoms with Gasteiger partial charge in [-0.3, -0.25) is 4.40 Å². The van der Waals surface area contributed by atoms with E-state index >= 15 is 0 Å². The summed E-state index contributed by atoms with van der Waals surface area (Å²) in [6.07, 6.45) is 3.56. The van der Waals surface area contributed by atoms with Crippen LogP contribution >= 0.6 is 11.6 Å². The molecular formula is C11H5ClF2N4. The molecule has 0 amide bonds. The minimum atomic E-state index is -0.648. The number of rotatable bonds is 1. The Morgan fingerprint density at radius 1 is 1.11 bits per heavy atom. The lowest BCUT2D eigenvalue weighted by Crippen LogP contribution is -1.96. The highest BCUT2D eigenvalue weighted by atomic mass is 35.5. The highest BCUT2D eigenvalue weighted by molar-refractivity contribution is 6.28. The van der Waals surface area contributed by atoms with Crippen molar-refractivity contribution in [3.63, 3.8) is 0 Å². The van der Waals surface area contributed by atoms with E-state index in [2.05, 4.69) is 15.0 Å². The smallest absolute Gasteiger partial charge is 0.223 e. The summed E-state index contributed by atoms with van der Waals surface area (Å²) in [6, 6.07) is 2.76. The molecule has 0 aliphatic carbocycles. The first-order chi connectivity index (χ1) is 8.65. The highest BCUT2D eigenvalue weighted by Gasteiger charge is 2.13. The van der Waals surface area contributed by atoms with E-state index < -0.39 is 11.6 Å². The molecular weight excluding hydrogens is 262 g/mol. The minimum Gasteiger partial charge on any atom is -0.295 e. The van der Waals surface area contributed by atoms with Crippen LogP contribution in [0.5, 0.6) is 0 Å². The summed E-state index contributed by atoms with van der Waals surface area (Å²) >= 11 is 5.62. The molecule has 18 heavy (non-hydrogen) atoms. The Balaban J connectivity index is 2.31. The van der Waals surface area contributed by atoms with Gasteiger partial charge in [-0.05, 0) is 23.7 Å². The summed E-state index contributed by atoms with van der Waals surface area (Å²) in [7, 11) is 0. The molecule has 4 nitrogen and oxygen atoms in total. The topological polar surface area (TPSA) is 43.1 Å². The first kappa shape index (κ1) is 11.0. The largest absolute Gasteiger partial charge is 0.295 e. The van der Waals surface area contributed by atoms with E-state index in [4.69, 9.17) is 11.6 Å². The van der Waals surface area contributed by atoms with Crippen LogP contribution in [0.25, 0.3) is 17.0 Å². The molecule has 0 N–H and O–H groups in total. The highest BCUT2D eigenvalue weighted by Crippen LogP contribution is 2.22. The summed E-state index contributed by atoms with van der Waals surface area (Å²) < 4.78 is 28.2. The normalized spacial score (nSPS) is 11.1. The van der Waals surface area contributed by atoms with E-state index in [1.54, 1.807) is 0 Å². The van der Waals surface area contributed by atoms with Crippen LogP contribution in [0.1, 0.15) is 0 Å². The zero-order chi connectivity index (χ0) is 12.7. The van der Waals surface area contributed by atoms with Crippen molar-refractivity contribution in [2.45, 2.75) is 0 Å². The molecule has 0 saturated heterocycles. The second kappa shape index (κ2) is 3.99. The maximum absolute atomic E-state index is 13.6. The SMILES string of the molecule is Fc1ccc2ncc(-c3nc(Cl)ncc3F)n2c1. The van der Waals surface area contributed by atoms with Crippen molar-refractivity contribution in [2.75, 3.05) is 0 Å². The molecule has 0 bridgehead atoms. The lowest BCUT2D eigenvalue weighted by Gasteiger charge is -2.02. The van der Waals surface area contributed by atoms with Crippen molar-refractivity contribution in [1.82, 2.24) is 19.4 Å². The molecule has 0 spiro atoms. The summed E-state index contributed by atoms with van der Waals surface area (Å²) in [5.41, 5.74) is 0.778. The van der Waals surface area contributed by atoms with Gasteiger partial charge in [-0.15, -0.1) is 0 Å². The van der Waals surface area contributed by atoms with Gasteiger partial charge >= 0.3 is 0 Å². The van der Waals surface area contributed by atoms with Gasteiger partial charge in [-0.1, -0.05) is 0 Å². The fourth-order valence-electron chi connectivity index (χ4n) is 1.66. The molecule has 0 aliphatic rings. The van der Waals surface area contributed by atoms with Gasteiger partial charge in [0.25, 0.3) is 0 Å². The fourth-order valence-corrected chi connectivity index (χ4v) is 1.79. The molecule has 0 unspecified atom stereocenters. The van der Waals surface area contributed by atoms with Gasteiger partial charge in [-0.25, -0.2) is 23.7 Å². The summed E-state index contributed by atoms with van der Waals surface area (Å²) in [4.78, 5) is 11.3. The minimum absolute atomic E-state index is 0.0203. The third-order valence-corrected chi connectivity index (χ3v) is 2.61. The molecule has 0 aliphatic heterocycles. The van der Waals surface area contributed by atoms with Crippen molar-refractivity contribution in [1.29, 1.82) is 0 Å². The van der Waals surface area contributed by atoms with Crippen molar-refractivity contribution in [3.05, 3.63) is 47.6 Å². The standard InChI is InChI=1S/C11H5ClF2N4/c12-11-16-3-7(14)10(17-11)8-4-15-9-2-1-6(13)5-18(8)9/h1-5H. The summed E-state index contributed by atoms with van der Waals surface area (Å²) in [6.45, 7) is 0. The van der Waals surface area contributed by atoms with Crippen LogP contribution in [-0.2, 0) is 0 Å². The number of pyridine rings is 1. The maximum atomic E-state index is 13.6. The van der Waals surface area contributed by atoms with Crippen molar-refractivity contribution < 1.29 is 8.78 Å². The van der Waals surface area contributed by atoms with Crippen LogP contribution in [0.3, 0.4) is 0 Å². The molecule has 7 heteroatoms. The predicted octanol–water partition coefficient (Wildman–Crippen LogP) is 2.72. The predicted molar refractivity (Wildman–Crippen MR) is 61.1 cm³/mol. The van der Waals surface area contributed by atoms with E-state index in [9.17, 15) is 8.78 Å². The van der Waals surface area contributed by atoms with Crippen LogP contribution in [0, 0.1) is 11.6 Å². The van der Waals surface area contributed by atoms with E-state index in [1.807, 2.05) is 0 Å². The van der Waals surface area contributed by atoms with Crippen LogP contribution in [0.2, 0.25) is 5.28 Å². The third-order valence-electron chi connectivity index (χ3n) is 2.43. The Bertz CT molecular complexity index is 741. The van der Waals surface area contributed by atoms with Gasteiger partial charge in [0, 0.05) is 6.20 Å². The Hall–Kier alpha value is -2.08. The zero-order valence-electron chi connectivity index (χ0n) is 8.81. The molecule has 0 radical (unpaired) electrons. The summed E-state index contributed by atoms with van der Waals surface area (Å²) in [5.74, 6) is -1.10. The average molecular weight is 267 g/mol. The molecule has 3 aromatic heterocycles. The lowest BCUT2D eigenvalue weighted by atomic mass is 10.3. The van der Waals surface area contributed by atoms with Gasteiger partial charge in [0.15, 0.2) is 5.82 Å². The summed E-state index contributed by atoms with van der Waals surface area (Å²) in [5, 5.41) is -0.0854. The molecule has 90 valence electrons. The molecule has 0 saturated carbocycles. The number of imidazole rings is 1. The van der Waals surface area contributed by atoms with E-state index in [0.29, 0.717) is 11.3 Å². The Morgan fingerprint density at radius 3 is 2.78 bits per heavy atom.